The molecule has 1 aliphatic heterocycles. The average Bonchev–Trinajstić information content (AvgIpc) is 3.04. The number of halogens is 1. The van der Waals surface area contributed by atoms with Crippen LogP contribution in [0.3, 0.4) is 0 Å². The summed E-state index contributed by atoms with van der Waals surface area (Å²) in [5.74, 6) is 1.07. The number of benzene rings is 1. The summed E-state index contributed by atoms with van der Waals surface area (Å²) >= 11 is 1.48. The number of hydrogen-bond acceptors (Lipinski definition) is 4. The van der Waals surface area contributed by atoms with Gasteiger partial charge in [-0.05, 0) is 37.8 Å². The number of nitrogens with one attached hydrogen (secondary N) is 2. The van der Waals surface area contributed by atoms with Crippen molar-refractivity contribution < 1.29 is 4.79 Å². The maximum atomic E-state index is 12.2. The Morgan fingerprint density at radius 3 is 2.92 bits per heavy atom. The third-order valence-electron chi connectivity index (χ3n) is 4.47. The first-order valence-electron chi connectivity index (χ1n) is 8.24. The molecule has 1 aromatic carbocycles. The molecule has 4 nitrogen and oxygen atoms in total. The van der Waals surface area contributed by atoms with Crippen LogP contribution in [0.1, 0.15) is 26.2 Å². The number of thiazole rings is 1. The van der Waals surface area contributed by atoms with Crippen molar-refractivity contribution in [2.24, 2.45) is 11.8 Å². The topological polar surface area (TPSA) is 54.0 Å². The van der Waals surface area contributed by atoms with E-state index in [2.05, 4.69) is 22.5 Å². The van der Waals surface area contributed by atoms with Gasteiger partial charge in [0.15, 0.2) is 5.13 Å². The summed E-state index contributed by atoms with van der Waals surface area (Å²) in [7, 11) is 0. The van der Waals surface area contributed by atoms with Crippen molar-refractivity contribution in [2.45, 2.75) is 26.2 Å². The molecule has 0 saturated carbocycles. The van der Waals surface area contributed by atoms with Crippen molar-refractivity contribution in [2.75, 3.05) is 18.4 Å². The zero-order chi connectivity index (χ0) is 16.1. The van der Waals surface area contributed by atoms with Crippen LogP contribution in [-0.2, 0) is 4.79 Å². The fourth-order valence-electron chi connectivity index (χ4n) is 3.07. The second-order valence-electron chi connectivity index (χ2n) is 6.24. The van der Waals surface area contributed by atoms with Gasteiger partial charge in [0.1, 0.15) is 0 Å². The van der Waals surface area contributed by atoms with Crippen LogP contribution in [0.15, 0.2) is 35.7 Å². The minimum Gasteiger partial charge on any atom is -0.316 e. The van der Waals surface area contributed by atoms with E-state index in [1.807, 2.05) is 35.7 Å². The summed E-state index contributed by atoms with van der Waals surface area (Å²) < 4.78 is 0. The maximum absolute atomic E-state index is 12.2. The van der Waals surface area contributed by atoms with Gasteiger partial charge in [0.2, 0.25) is 5.91 Å². The summed E-state index contributed by atoms with van der Waals surface area (Å²) in [5, 5.41) is 9.04. The van der Waals surface area contributed by atoms with E-state index in [4.69, 9.17) is 0 Å². The van der Waals surface area contributed by atoms with E-state index in [1.54, 1.807) is 0 Å². The van der Waals surface area contributed by atoms with Crippen molar-refractivity contribution in [3.05, 3.63) is 35.7 Å². The highest BCUT2D eigenvalue weighted by atomic mass is 35.5. The molecule has 24 heavy (non-hydrogen) atoms. The van der Waals surface area contributed by atoms with Crippen LogP contribution in [-0.4, -0.2) is 24.0 Å². The van der Waals surface area contributed by atoms with E-state index in [-0.39, 0.29) is 18.3 Å². The van der Waals surface area contributed by atoms with Gasteiger partial charge >= 0.3 is 0 Å². The Morgan fingerprint density at radius 2 is 2.21 bits per heavy atom. The lowest BCUT2D eigenvalue weighted by Gasteiger charge is -2.27. The summed E-state index contributed by atoms with van der Waals surface area (Å²) in [6.45, 7) is 4.31. The minimum atomic E-state index is 0. The summed E-state index contributed by atoms with van der Waals surface area (Å²) in [6, 6.07) is 10.0. The van der Waals surface area contributed by atoms with Gasteiger partial charge in [-0.15, -0.1) is 23.7 Å². The van der Waals surface area contributed by atoms with E-state index in [9.17, 15) is 4.79 Å². The number of amides is 1. The first kappa shape index (κ1) is 18.9. The fraction of sp³-hybridized carbons (Fsp3) is 0.444. The zero-order valence-electron chi connectivity index (χ0n) is 13.8. The van der Waals surface area contributed by atoms with Crippen molar-refractivity contribution in [1.29, 1.82) is 0 Å². The van der Waals surface area contributed by atoms with Gasteiger partial charge in [-0.2, -0.15) is 0 Å². The van der Waals surface area contributed by atoms with Crippen LogP contribution in [0.25, 0.3) is 11.3 Å². The quantitative estimate of drug-likeness (QED) is 0.835. The predicted molar refractivity (Wildman–Crippen MR) is 103 cm³/mol. The van der Waals surface area contributed by atoms with Crippen LogP contribution < -0.4 is 10.6 Å². The number of aromatic nitrogens is 1. The van der Waals surface area contributed by atoms with Crippen molar-refractivity contribution >= 4 is 34.8 Å². The van der Waals surface area contributed by atoms with Gasteiger partial charge in [-0.3, -0.25) is 4.79 Å². The lowest BCUT2D eigenvalue weighted by Crippen LogP contribution is -2.34. The van der Waals surface area contributed by atoms with E-state index >= 15 is 0 Å². The van der Waals surface area contributed by atoms with Gasteiger partial charge in [0, 0.05) is 17.4 Å². The molecule has 2 aromatic rings. The van der Waals surface area contributed by atoms with Gasteiger partial charge in [0.25, 0.3) is 0 Å². The number of rotatable bonds is 5. The third kappa shape index (κ3) is 5.03. The zero-order valence-corrected chi connectivity index (χ0v) is 15.5. The van der Waals surface area contributed by atoms with E-state index in [1.165, 1.54) is 24.2 Å². The molecule has 1 aliphatic rings. The van der Waals surface area contributed by atoms with Gasteiger partial charge in [0.05, 0.1) is 5.69 Å². The highest BCUT2D eigenvalue weighted by Gasteiger charge is 2.22. The Morgan fingerprint density at radius 1 is 1.42 bits per heavy atom. The third-order valence-corrected chi connectivity index (χ3v) is 5.22. The SMILES string of the molecule is CC(CC(=O)Nc1nc(-c2ccccc2)cs1)C1CCCNC1.Cl. The Balaban J connectivity index is 0.00000208. The summed E-state index contributed by atoms with van der Waals surface area (Å²) in [5.41, 5.74) is 1.99. The second-order valence-corrected chi connectivity index (χ2v) is 7.10. The molecule has 3 rings (SSSR count). The van der Waals surface area contributed by atoms with Crippen LogP contribution in [0.5, 0.6) is 0 Å². The molecule has 0 radical (unpaired) electrons. The molecule has 0 aliphatic carbocycles. The highest BCUT2D eigenvalue weighted by Crippen LogP contribution is 2.26. The lowest BCUT2D eigenvalue weighted by molar-refractivity contribution is -0.117. The first-order chi connectivity index (χ1) is 11.2. The predicted octanol–water partition coefficient (Wildman–Crippen LogP) is 4.20. The number of carbonyl (C=O) groups excluding carboxylic acids is 1. The Hall–Kier alpha value is -1.43. The molecule has 2 unspecified atom stereocenters. The Labute approximate surface area is 153 Å². The van der Waals surface area contributed by atoms with Gasteiger partial charge in [-0.25, -0.2) is 4.98 Å². The molecule has 2 atom stereocenters. The second kappa shape index (κ2) is 9.16. The molecular weight excluding hydrogens is 342 g/mol. The van der Waals surface area contributed by atoms with Gasteiger partial charge in [-0.1, -0.05) is 37.3 Å². The lowest BCUT2D eigenvalue weighted by atomic mass is 9.85. The number of nitrogens with zero attached hydrogens (tertiary/aromatic N) is 1. The first-order valence-corrected chi connectivity index (χ1v) is 9.12. The van der Waals surface area contributed by atoms with E-state index in [0.29, 0.717) is 23.4 Å². The van der Waals surface area contributed by atoms with Crippen molar-refractivity contribution in [3.8, 4) is 11.3 Å². The number of carbonyl (C=O) groups is 1. The summed E-state index contributed by atoms with van der Waals surface area (Å²) in [6.07, 6.45) is 2.99. The molecule has 1 aromatic heterocycles. The molecule has 2 heterocycles. The fourth-order valence-corrected chi connectivity index (χ4v) is 3.80. The van der Waals surface area contributed by atoms with E-state index < -0.39 is 0 Å². The standard InChI is InChI=1S/C18H23N3OS.ClH/c1-13(15-8-5-9-19-11-15)10-17(22)21-18-20-16(12-23-18)14-6-3-2-4-7-14;/h2-4,6-7,12-13,15,19H,5,8-11H2,1H3,(H,20,21,22);1H. The molecule has 1 amide bonds. The van der Waals surface area contributed by atoms with Crippen LogP contribution in [0, 0.1) is 11.8 Å². The normalized spacial score (nSPS) is 18.5. The molecule has 2 N–H and O–H groups in total. The number of piperidine rings is 1. The van der Waals surface area contributed by atoms with E-state index in [0.717, 1.165) is 24.3 Å². The largest absolute Gasteiger partial charge is 0.316 e. The van der Waals surface area contributed by atoms with Crippen molar-refractivity contribution in [3.63, 3.8) is 0 Å². The van der Waals surface area contributed by atoms with Gasteiger partial charge < -0.3 is 10.6 Å². The molecule has 1 fully saturated rings. The number of anilines is 1. The number of hydrogen-bond donors (Lipinski definition) is 2. The molecule has 130 valence electrons. The Bertz CT molecular complexity index is 641. The Kier molecular flexibility index (Phi) is 7.21. The highest BCUT2D eigenvalue weighted by molar-refractivity contribution is 7.14. The molecule has 0 bridgehead atoms. The minimum absolute atomic E-state index is 0. The van der Waals surface area contributed by atoms with Crippen LogP contribution >= 0.6 is 23.7 Å². The van der Waals surface area contributed by atoms with Crippen LogP contribution in [0.4, 0.5) is 5.13 Å². The van der Waals surface area contributed by atoms with Crippen molar-refractivity contribution in [1.82, 2.24) is 10.3 Å². The maximum Gasteiger partial charge on any atom is 0.226 e. The molecule has 6 heteroatoms. The molecule has 1 saturated heterocycles. The smallest absolute Gasteiger partial charge is 0.226 e. The average molecular weight is 366 g/mol. The van der Waals surface area contributed by atoms with Crippen LogP contribution in [0.2, 0.25) is 0 Å². The molecule has 0 spiro atoms. The molecular formula is C18H24ClN3OS. The summed E-state index contributed by atoms with van der Waals surface area (Å²) in [4.78, 5) is 16.8. The monoisotopic (exact) mass is 365 g/mol.